The van der Waals surface area contributed by atoms with Crippen LogP contribution in [0.15, 0.2) is 59.3 Å². The van der Waals surface area contributed by atoms with Gasteiger partial charge in [0, 0.05) is 13.3 Å². The highest BCUT2D eigenvalue weighted by Gasteiger charge is 2.11. The Kier molecular flexibility index (Phi) is 8.30. The molecule has 0 saturated heterocycles. The van der Waals surface area contributed by atoms with Crippen LogP contribution < -0.4 is 0 Å². The van der Waals surface area contributed by atoms with Crippen molar-refractivity contribution < 1.29 is 4.74 Å². The Hall–Kier alpha value is -2.19. The number of methoxy groups -OCH3 is 1. The molecule has 134 valence electrons. The Bertz CT molecular complexity index is 720. The Morgan fingerprint density at radius 2 is 2.00 bits per heavy atom. The number of hydrogen-bond donors (Lipinski definition) is 0. The van der Waals surface area contributed by atoms with Crippen molar-refractivity contribution in [1.29, 1.82) is 0 Å². The minimum atomic E-state index is -0.0770. The van der Waals surface area contributed by atoms with E-state index in [0.717, 1.165) is 23.3 Å². The Morgan fingerprint density at radius 1 is 1.32 bits per heavy atom. The number of aryl methyl sites for hydroxylation is 1. The minimum absolute atomic E-state index is 0.0770. The van der Waals surface area contributed by atoms with Crippen LogP contribution in [0, 0.1) is 6.92 Å². The molecule has 1 unspecified atom stereocenters. The van der Waals surface area contributed by atoms with Gasteiger partial charge < -0.3 is 4.74 Å². The second-order valence-corrected chi connectivity index (χ2v) is 6.26. The molecule has 0 aromatic heterocycles. The topological polar surface area (TPSA) is 21.6 Å². The molecule has 0 aliphatic heterocycles. The zero-order chi connectivity index (χ0) is 19.0. The third kappa shape index (κ3) is 5.68. The van der Waals surface area contributed by atoms with Crippen LogP contribution in [0.3, 0.4) is 0 Å². The molecule has 0 aliphatic rings. The first-order chi connectivity index (χ1) is 11.8. The average molecular weight is 338 g/mol. The number of rotatable bonds is 8. The van der Waals surface area contributed by atoms with E-state index in [9.17, 15) is 0 Å². The summed E-state index contributed by atoms with van der Waals surface area (Å²) >= 11 is 0. The third-order valence-corrected chi connectivity index (χ3v) is 4.52. The smallest absolute Gasteiger partial charge is 0.0965 e. The van der Waals surface area contributed by atoms with E-state index >= 15 is 0 Å². The predicted molar refractivity (Wildman–Crippen MR) is 112 cm³/mol. The number of nitrogens with zero attached hydrogens (tertiary/aromatic N) is 1. The summed E-state index contributed by atoms with van der Waals surface area (Å²) in [7, 11) is 1.70. The first-order valence-electron chi connectivity index (χ1n) is 8.71. The van der Waals surface area contributed by atoms with Gasteiger partial charge in [-0.25, -0.2) is 0 Å². The minimum Gasteiger partial charge on any atom is -0.375 e. The molecule has 0 saturated carbocycles. The second-order valence-electron chi connectivity index (χ2n) is 6.26. The molecule has 2 heteroatoms. The molecule has 0 aliphatic carbocycles. The van der Waals surface area contributed by atoms with Crippen molar-refractivity contribution in [1.82, 2.24) is 0 Å². The lowest BCUT2D eigenvalue weighted by molar-refractivity contribution is 0.145. The number of ether oxygens (including phenoxy) is 1. The van der Waals surface area contributed by atoms with Crippen LogP contribution in [0.4, 0.5) is 0 Å². The monoisotopic (exact) mass is 337 g/mol. The zero-order valence-electron chi connectivity index (χ0n) is 16.5. The highest BCUT2D eigenvalue weighted by molar-refractivity contribution is 5.72. The first kappa shape index (κ1) is 20.9. The van der Waals surface area contributed by atoms with Gasteiger partial charge in [0.05, 0.1) is 11.8 Å². The van der Waals surface area contributed by atoms with Gasteiger partial charge in [-0.05, 0) is 73.6 Å². The predicted octanol–water partition coefficient (Wildman–Crippen LogP) is 6.39. The maximum Gasteiger partial charge on any atom is 0.0965 e. The van der Waals surface area contributed by atoms with Crippen molar-refractivity contribution >= 4 is 17.9 Å². The maximum absolute atomic E-state index is 5.47. The zero-order valence-corrected chi connectivity index (χ0v) is 16.5. The van der Waals surface area contributed by atoms with E-state index in [0.29, 0.717) is 0 Å². The summed E-state index contributed by atoms with van der Waals surface area (Å²) in [4.78, 5) is 4.51. The summed E-state index contributed by atoms with van der Waals surface area (Å²) in [5.41, 5.74) is 8.02. The molecule has 1 aromatic rings. The lowest BCUT2D eigenvalue weighted by Crippen LogP contribution is -2.10. The van der Waals surface area contributed by atoms with Crippen molar-refractivity contribution in [3.05, 3.63) is 71.0 Å². The van der Waals surface area contributed by atoms with Crippen LogP contribution in [0.1, 0.15) is 50.8 Å². The van der Waals surface area contributed by atoms with E-state index in [1.54, 1.807) is 19.4 Å². The molecule has 0 fully saturated rings. The normalized spacial score (nSPS) is 14.4. The van der Waals surface area contributed by atoms with Gasteiger partial charge in [0.15, 0.2) is 0 Å². The molecular weight excluding hydrogens is 306 g/mol. The maximum atomic E-state index is 5.47. The molecule has 1 atom stereocenters. The number of allylic oxidation sites excluding steroid dienone is 4. The lowest BCUT2D eigenvalue weighted by atomic mass is 9.96. The largest absolute Gasteiger partial charge is 0.375 e. The van der Waals surface area contributed by atoms with Crippen molar-refractivity contribution in [3.63, 3.8) is 0 Å². The summed E-state index contributed by atoms with van der Waals surface area (Å²) in [5.74, 6) is 0. The van der Waals surface area contributed by atoms with Crippen molar-refractivity contribution in [2.75, 3.05) is 7.11 Å². The van der Waals surface area contributed by atoms with Crippen molar-refractivity contribution in [2.45, 2.75) is 47.1 Å². The van der Waals surface area contributed by atoms with E-state index in [1.807, 2.05) is 6.92 Å². The average Bonchev–Trinajstić information content (AvgIpc) is 2.62. The molecule has 0 radical (unpaired) electrons. The van der Waals surface area contributed by atoms with Gasteiger partial charge in [-0.3, -0.25) is 4.99 Å². The molecule has 1 aromatic carbocycles. The van der Waals surface area contributed by atoms with Gasteiger partial charge in [0.2, 0.25) is 0 Å². The second kappa shape index (κ2) is 9.95. The molecule has 0 spiro atoms. The van der Waals surface area contributed by atoms with E-state index in [2.05, 4.69) is 70.1 Å². The van der Waals surface area contributed by atoms with Crippen LogP contribution in [0.25, 0.3) is 11.6 Å². The molecule has 0 heterocycles. The lowest BCUT2D eigenvalue weighted by Gasteiger charge is -2.15. The summed E-state index contributed by atoms with van der Waals surface area (Å²) < 4.78 is 5.47. The van der Waals surface area contributed by atoms with Crippen LogP contribution >= 0.6 is 0 Å². The van der Waals surface area contributed by atoms with E-state index in [4.69, 9.17) is 4.74 Å². The fourth-order valence-electron chi connectivity index (χ4n) is 2.51. The molecular formula is C23H31NO. The summed E-state index contributed by atoms with van der Waals surface area (Å²) in [5, 5.41) is 0. The third-order valence-electron chi connectivity index (χ3n) is 4.52. The summed E-state index contributed by atoms with van der Waals surface area (Å²) in [6.07, 6.45) is 6.47. The van der Waals surface area contributed by atoms with Crippen LogP contribution in [-0.2, 0) is 4.74 Å². The fourth-order valence-corrected chi connectivity index (χ4v) is 2.51. The van der Waals surface area contributed by atoms with Crippen LogP contribution in [0.5, 0.6) is 0 Å². The van der Waals surface area contributed by atoms with Gasteiger partial charge in [-0.2, -0.15) is 0 Å². The molecule has 0 amide bonds. The SMILES string of the molecule is C=CC=N/C(=C(C)/C(C)=C/c1cc(C(=C)CC)ccc1C)C(C)OC. The summed E-state index contributed by atoms with van der Waals surface area (Å²) in [6, 6.07) is 6.51. The molecule has 1 rings (SSSR count). The van der Waals surface area contributed by atoms with Gasteiger partial charge in [0.25, 0.3) is 0 Å². The summed E-state index contributed by atoms with van der Waals surface area (Å²) in [6.45, 7) is 18.3. The molecule has 0 bridgehead atoms. The quantitative estimate of drug-likeness (QED) is 0.398. The fraction of sp³-hybridized carbons (Fsp3) is 0.348. The van der Waals surface area contributed by atoms with Gasteiger partial charge >= 0.3 is 0 Å². The Balaban J connectivity index is 3.38. The number of benzene rings is 1. The van der Waals surface area contributed by atoms with Crippen LogP contribution in [0.2, 0.25) is 0 Å². The van der Waals surface area contributed by atoms with Gasteiger partial charge in [-0.15, -0.1) is 0 Å². The molecule has 25 heavy (non-hydrogen) atoms. The van der Waals surface area contributed by atoms with Crippen molar-refractivity contribution in [3.8, 4) is 0 Å². The van der Waals surface area contributed by atoms with E-state index in [-0.39, 0.29) is 6.10 Å². The highest BCUT2D eigenvalue weighted by atomic mass is 16.5. The first-order valence-corrected chi connectivity index (χ1v) is 8.71. The van der Waals surface area contributed by atoms with E-state index < -0.39 is 0 Å². The standard InChI is InChI=1S/C23H31NO/c1-9-13-24-23(20(7)25-8)19(6)18(5)14-22-15-21(16(3)10-2)12-11-17(22)4/h9,11-15,20H,1,3,10H2,2,4-8H3/b18-14+,23-19+,24-13?. The molecule has 0 N–H and O–H groups in total. The van der Waals surface area contributed by atoms with Gasteiger partial charge in [-0.1, -0.05) is 44.4 Å². The van der Waals surface area contributed by atoms with E-state index in [1.165, 1.54) is 22.3 Å². The Labute approximate surface area is 153 Å². The van der Waals surface area contributed by atoms with Gasteiger partial charge in [0.1, 0.15) is 0 Å². The van der Waals surface area contributed by atoms with Crippen molar-refractivity contribution in [2.24, 2.45) is 4.99 Å². The molecule has 2 nitrogen and oxygen atoms in total. The number of aliphatic imine (C=N–C) groups is 1. The number of hydrogen-bond acceptors (Lipinski definition) is 2. The Morgan fingerprint density at radius 3 is 2.56 bits per heavy atom. The highest BCUT2D eigenvalue weighted by Crippen LogP contribution is 2.25. The van der Waals surface area contributed by atoms with Crippen LogP contribution in [-0.4, -0.2) is 19.4 Å².